The van der Waals surface area contributed by atoms with Crippen LogP contribution >= 0.6 is 11.6 Å². The zero-order valence-corrected chi connectivity index (χ0v) is 13.7. The first-order valence-corrected chi connectivity index (χ1v) is 8.11. The van der Waals surface area contributed by atoms with E-state index in [1.807, 2.05) is 55.6 Å². The molecule has 0 saturated carbocycles. The van der Waals surface area contributed by atoms with Crippen LogP contribution in [-0.4, -0.2) is 10.9 Å². The lowest BCUT2D eigenvalue weighted by Crippen LogP contribution is -2.26. The molecule has 3 aromatic rings. The Morgan fingerprint density at radius 3 is 2.70 bits per heavy atom. The van der Waals surface area contributed by atoms with E-state index in [1.54, 1.807) is 0 Å². The number of hydrogen-bond acceptors (Lipinski definition) is 1. The normalized spacial score (nSPS) is 12.3. The van der Waals surface area contributed by atoms with Gasteiger partial charge in [0.1, 0.15) is 0 Å². The van der Waals surface area contributed by atoms with Crippen LogP contribution in [0.4, 0.5) is 0 Å². The molecule has 23 heavy (non-hydrogen) atoms. The van der Waals surface area contributed by atoms with Crippen molar-refractivity contribution in [3.8, 4) is 0 Å². The highest BCUT2D eigenvalue weighted by Crippen LogP contribution is 2.20. The lowest BCUT2D eigenvalue weighted by atomic mass is 10.1. The van der Waals surface area contributed by atoms with Crippen molar-refractivity contribution in [2.75, 3.05) is 0 Å². The van der Waals surface area contributed by atoms with Gasteiger partial charge >= 0.3 is 0 Å². The van der Waals surface area contributed by atoms with Gasteiger partial charge in [0.05, 0.1) is 6.04 Å². The number of amides is 1. The van der Waals surface area contributed by atoms with Gasteiger partial charge in [0.25, 0.3) is 0 Å². The molecule has 2 aromatic carbocycles. The van der Waals surface area contributed by atoms with Crippen molar-refractivity contribution in [1.82, 2.24) is 10.3 Å². The maximum atomic E-state index is 12.2. The number of fused-ring (bicyclic) bond motifs is 1. The van der Waals surface area contributed by atoms with Crippen molar-refractivity contribution < 1.29 is 4.79 Å². The van der Waals surface area contributed by atoms with Gasteiger partial charge in [-0.2, -0.15) is 0 Å². The predicted octanol–water partition coefficient (Wildman–Crippen LogP) is 4.63. The van der Waals surface area contributed by atoms with Crippen LogP contribution < -0.4 is 5.32 Å². The van der Waals surface area contributed by atoms with Crippen molar-refractivity contribution in [3.05, 3.63) is 70.9 Å². The lowest BCUT2D eigenvalue weighted by molar-refractivity contribution is -0.121. The lowest BCUT2D eigenvalue weighted by Gasteiger charge is -2.14. The summed E-state index contributed by atoms with van der Waals surface area (Å²) < 4.78 is 0. The number of carbonyl (C=O) groups is 1. The van der Waals surface area contributed by atoms with Gasteiger partial charge in [-0.15, -0.1) is 0 Å². The molecule has 0 fully saturated rings. The third kappa shape index (κ3) is 3.74. The molecule has 0 bridgehead atoms. The largest absolute Gasteiger partial charge is 0.361 e. The number of aromatic nitrogens is 1. The van der Waals surface area contributed by atoms with Crippen LogP contribution in [0.25, 0.3) is 10.9 Å². The monoisotopic (exact) mass is 326 g/mol. The van der Waals surface area contributed by atoms with E-state index in [0.717, 1.165) is 17.5 Å². The number of hydrogen-bond donors (Lipinski definition) is 2. The van der Waals surface area contributed by atoms with Crippen LogP contribution in [0, 0.1) is 0 Å². The standard InChI is InChI=1S/C19H19ClN2O/c1-13(14-6-9-16(20)10-7-14)22-19(23)11-8-15-12-21-18-5-3-2-4-17(15)18/h2-7,9-10,12-13,21H,8,11H2,1H3,(H,22,23)/t13-/m0/s1. The van der Waals surface area contributed by atoms with Crippen LogP contribution in [-0.2, 0) is 11.2 Å². The second kappa shape index (κ2) is 6.88. The molecule has 0 aliphatic rings. The molecule has 0 unspecified atom stereocenters. The van der Waals surface area contributed by atoms with Crippen LogP contribution in [0.3, 0.4) is 0 Å². The zero-order chi connectivity index (χ0) is 16.2. The summed E-state index contributed by atoms with van der Waals surface area (Å²) in [5.41, 5.74) is 3.34. The number of aryl methyl sites for hydroxylation is 1. The summed E-state index contributed by atoms with van der Waals surface area (Å²) >= 11 is 5.89. The molecule has 2 N–H and O–H groups in total. The smallest absolute Gasteiger partial charge is 0.220 e. The Kier molecular flexibility index (Phi) is 4.68. The van der Waals surface area contributed by atoms with Gasteiger partial charge in [-0.05, 0) is 42.7 Å². The molecule has 118 valence electrons. The van der Waals surface area contributed by atoms with Crippen LogP contribution in [0.15, 0.2) is 54.7 Å². The topological polar surface area (TPSA) is 44.9 Å². The number of nitrogens with one attached hydrogen (secondary N) is 2. The Hall–Kier alpha value is -2.26. The molecule has 1 heterocycles. The molecule has 3 rings (SSSR count). The van der Waals surface area contributed by atoms with Crippen molar-refractivity contribution in [2.45, 2.75) is 25.8 Å². The Morgan fingerprint density at radius 2 is 1.91 bits per heavy atom. The van der Waals surface area contributed by atoms with E-state index < -0.39 is 0 Å². The fourth-order valence-corrected chi connectivity index (χ4v) is 2.86. The summed E-state index contributed by atoms with van der Waals surface area (Å²) in [6, 6.07) is 15.7. The van der Waals surface area contributed by atoms with Gasteiger partial charge in [0.2, 0.25) is 5.91 Å². The second-order valence-electron chi connectivity index (χ2n) is 5.70. The van der Waals surface area contributed by atoms with E-state index in [9.17, 15) is 4.79 Å². The first-order chi connectivity index (χ1) is 11.1. The van der Waals surface area contributed by atoms with E-state index >= 15 is 0 Å². The van der Waals surface area contributed by atoms with E-state index in [2.05, 4.69) is 16.4 Å². The SMILES string of the molecule is C[C@H](NC(=O)CCc1c[nH]c2ccccc12)c1ccc(Cl)cc1. The Bertz CT molecular complexity index is 808. The van der Waals surface area contributed by atoms with Crippen molar-refractivity contribution in [3.63, 3.8) is 0 Å². The highest BCUT2D eigenvalue weighted by molar-refractivity contribution is 6.30. The highest BCUT2D eigenvalue weighted by atomic mass is 35.5. The number of carbonyl (C=O) groups excluding carboxylic acids is 1. The van der Waals surface area contributed by atoms with Gasteiger partial charge in [-0.1, -0.05) is 41.9 Å². The molecule has 1 amide bonds. The molecule has 0 aliphatic heterocycles. The minimum atomic E-state index is -0.0252. The molecule has 1 aromatic heterocycles. The fraction of sp³-hybridized carbons (Fsp3) is 0.211. The third-order valence-corrected chi connectivity index (χ3v) is 4.30. The molecular weight excluding hydrogens is 308 g/mol. The molecule has 0 radical (unpaired) electrons. The second-order valence-corrected chi connectivity index (χ2v) is 6.14. The van der Waals surface area contributed by atoms with Gasteiger partial charge in [-0.3, -0.25) is 4.79 Å². The molecule has 1 atom stereocenters. The van der Waals surface area contributed by atoms with Crippen LogP contribution in [0.1, 0.15) is 30.5 Å². The summed E-state index contributed by atoms with van der Waals surface area (Å²) in [4.78, 5) is 15.4. The first-order valence-electron chi connectivity index (χ1n) is 7.73. The molecule has 0 saturated heterocycles. The summed E-state index contributed by atoms with van der Waals surface area (Å²) in [7, 11) is 0. The molecule has 0 spiro atoms. The number of benzene rings is 2. The van der Waals surface area contributed by atoms with Gasteiger partial charge in [0, 0.05) is 28.5 Å². The van der Waals surface area contributed by atoms with Crippen molar-refractivity contribution in [2.24, 2.45) is 0 Å². The number of rotatable bonds is 5. The van der Waals surface area contributed by atoms with E-state index in [-0.39, 0.29) is 11.9 Å². The zero-order valence-electron chi connectivity index (χ0n) is 13.0. The minimum Gasteiger partial charge on any atom is -0.361 e. The summed E-state index contributed by atoms with van der Waals surface area (Å²) in [6.45, 7) is 1.98. The Labute approximate surface area is 140 Å². The van der Waals surface area contributed by atoms with Crippen molar-refractivity contribution >= 4 is 28.4 Å². The predicted molar refractivity (Wildman–Crippen MR) is 94.6 cm³/mol. The quantitative estimate of drug-likeness (QED) is 0.705. The van der Waals surface area contributed by atoms with Gasteiger partial charge in [0.15, 0.2) is 0 Å². The van der Waals surface area contributed by atoms with Crippen molar-refractivity contribution in [1.29, 1.82) is 0 Å². The van der Waals surface area contributed by atoms with Gasteiger partial charge < -0.3 is 10.3 Å². The Balaban J connectivity index is 1.58. The van der Waals surface area contributed by atoms with Crippen LogP contribution in [0.2, 0.25) is 5.02 Å². The van der Waals surface area contributed by atoms with E-state index in [4.69, 9.17) is 11.6 Å². The number of aromatic amines is 1. The average Bonchev–Trinajstić information content (AvgIpc) is 2.97. The van der Waals surface area contributed by atoms with Gasteiger partial charge in [-0.25, -0.2) is 0 Å². The van der Waals surface area contributed by atoms with E-state index in [1.165, 1.54) is 10.9 Å². The molecule has 4 heteroatoms. The van der Waals surface area contributed by atoms with Crippen LogP contribution in [0.5, 0.6) is 0 Å². The number of para-hydroxylation sites is 1. The third-order valence-electron chi connectivity index (χ3n) is 4.04. The minimum absolute atomic E-state index is 0.0252. The fourth-order valence-electron chi connectivity index (χ4n) is 2.74. The number of halogens is 1. The molecule has 0 aliphatic carbocycles. The maximum Gasteiger partial charge on any atom is 0.220 e. The highest BCUT2D eigenvalue weighted by Gasteiger charge is 2.11. The summed E-state index contributed by atoms with van der Waals surface area (Å²) in [5.74, 6) is 0.0535. The first kappa shape index (κ1) is 15.6. The summed E-state index contributed by atoms with van der Waals surface area (Å²) in [5, 5.41) is 4.92. The molecule has 3 nitrogen and oxygen atoms in total. The average molecular weight is 327 g/mol. The summed E-state index contributed by atoms with van der Waals surface area (Å²) in [6.07, 6.45) is 3.18. The number of H-pyrrole nitrogens is 1. The van der Waals surface area contributed by atoms with E-state index in [0.29, 0.717) is 11.4 Å². The molecular formula is C19H19ClN2O. The Morgan fingerprint density at radius 1 is 1.17 bits per heavy atom. The maximum absolute atomic E-state index is 12.2.